The minimum absolute atomic E-state index is 0.135. The molecule has 2 aromatic rings. The Hall–Kier alpha value is -2.29. The summed E-state index contributed by atoms with van der Waals surface area (Å²) in [6.45, 7) is 0. The highest BCUT2D eigenvalue weighted by Crippen LogP contribution is 2.41. The van der Waals surface area contributed by atoms with Crippen LogP contribution in [0.15, 0.2) is 48.0 Å². The number of amides is 1. The van der Waals surface area contributed by atoms with Gasteiger partial charge in [-0.25, -0.2) is 21.6 Å². The van der Waals surface area contributed by atoms with Gasteiger partial charge in [0, 0.05) is 21.5 Å². The fraction of sp³-hybridized carbons (Fsp3) is 0.464. The molecule has 230 valence electrons. The Morgan fingerprint density at radius 3 is 1.50 bits per heavy atom. The molecule has 2 aromatic carbocycles. The monoisotopic (exact) mass is 747 g/mol. The van der Waals surface area contributed by atoms with Crippen LogP contribution in [-0.2, 0) is 24.4 Å². The second-order valence-corrected chi connectivity index (χ2v) is 16.3. The van der Waals surface area contributed by atoms with Crippen molar-refractivity contribution >= 4 is 69.4 Å². The third-order valence-corrected chi connectivity index (χ3v) is 11.1. The Morgan fingerprint density at radius 1 is 0.762 bits per heavy atom. The van der Waals surface area contributed by atoms with E-state index in [2.05, 4.69) is 41.6 Å². The highest BCUT2D eigenvalue weighted by atomic mass is 79.9. The summed E-state index contributed by atoms with van der Waals surface area (Å²) in [6, 6.07) is 6.27. The molecule has 0 aliphatic heterocycles. The number of halogens is 2. The molecule has 2 aliphatic carbocycles. The van der Waals surface area contributed by atoms with Crippen molar-refractivity contribution in [3.8, 4) is 0 Å². The van der Waals surface area contributed by atoms with Gasteiger partial charge < -0.3 is 16.2 Å². The van der Waals surface area contributed by atoms with E-state index in [0.717, 1.165) is 68.7 Å². The predicted octanol–water partition coefficient (Wildman–Crippen LogP) is 5.22. The van der Waals surface area contributed by atoms with E-state index in [-0.39, 0.29) is 38.7 Å². The molecular weight excluding hydrogens is 714 g/mol. The van der Waals surface area contributed by atoms with Crippen LogP contribution in [0.5, 0.6) is 0 Å². The minimum atomic E-state index is -3.46. The minimum Gasteiger partial charge on any atom is -0.465 e. The Balaban J connectivity index is 0.000000231. The SMILES string of the molecule is COC(=O)c1cc(S(C)(=O)=O)c(C2CCCC2)cc1Br.CS(=O)(=O)c1cc(C(=O)N=C(N)N)c(Br)cc1C1CCCC1. The second kappa shape index (κ2) is 14.0. The maximum Gasteiger partial charge on any atom is 0.339 e. The zero-order valence-electron chi connectivity index (χ0n) is 23.7. The summed E-state index contributed by atoms with van der Waals surface area (Å²) in [5.74, 6) is -1.12. The van der Waals surface area contributed by atoms with Gasteiger partial charge in [-0.2, -0.15) is 4.99 Å². The fourth-order valence-corrected chi connectivity index (χ4v) is 8.52. The standard InChI is InChI=1S/C14H18BrN3O3S.C14H17BrO4S/c1-22(20,21)12-7-10(13(19)18-14(16)17)11(15)6-9(12)8-4-2-3-5-8;1-19-14(16)11-8-13(20(2,17)18)10(7-12(11)15)9-5-3-4-6-9/h6-8H,2-5H2,1H3,(H4,16,17,18,19);7-9H,3-6H2,1-2H3. The number of esters is 1. The van der Waals surface area contributed by atoms with Crippen molar-refractivity contribution in [3.63, 3.8) is 0 Å². The van der Waals surface area contributed by atoms with Gasteiger partial charge in [-0.1, -0.05) is 25.7 Å². The molecule has 0 aromatic heterocycles. The largest absolute Gasteiger partial charge is 0.465 e. The van der Waals surface area contributed by atoms with Crippen molar-refractivity contribution in [2.24, 2.45) is 16.5 Å². The van der Waals surface area contributed by atoms with Crippen molar-refractivity contribution < 1.29 is 31.2 Å². The molecule has 2 fully saturated rings. The number of carbonyl (C=O) groups is 2. The molecule has 2 aliphatic rings. The molecule has 0 radical (unpaired) electrons. The number of methoxy groups -OCH3 is 1. The van der Waals surface area contributed by atoms with E-state index in [4.69, 9.17) is 11.5 Å². The summed E-state index contributed by atoms with van der Waals surface area (Å²) in [4.78, 5) is 27.6. The quantitative estimate of drug-likeness (QED) is 0.228. The first kappa shape index (κ1) is 34.2. The van der Waals surface area contributed by atoms with E-state index in [1.165, 1.54) is 25.5 Å². The van der Waals surface area contributed by atoms with Crippen molar-refractivity contribution in [1.82, 2.24) is 0 Å². The van der Waals surface area contributed by atoms with E-state index in [1.807, 2.05) is 0 Å². The van der Waals surface area contributed by atoms with Crippen LogP contribution in [-0.4, -0.2) is 54.3 Å². The molecule has 4 N–H and O–H groups in total. The molecule has 0 heterocycles. The molecule has 0 unspecified atom stereocenters. The van der Waals surface area contributed by atoms with Gasteiger partial charge in [-0.05, 0) is 105 Å². The van der Waals surface area contributed by atoms with Gasteiger partial charge in [0.05, 0.1) is 28.0 Å². The van der Waals surface area contributed by atoms with Gasteiger partial charge in [0.1, 0.15) is 0 Å². The highest BCUT2D eigenvalue weighted by molar-refractivity contribution is 9.10. The zero-order valence-corrected chi connectivity index (χ0v) is 28.5. The van der Waals surface area contributed by atoms with E-state index >= 15 is 0 Å². The lowest BCUT2D eigenvalue weighted by Crippen LogP contribution is -2.24. The Bertz CT molecular complexity index is 1610. The van der Waals surface area contributed by atoms with Crippen LogP contribution in [0.3, 0.4) is 0 Å². The lowest BCUT2D eigenvalue weighted by molar-refractivity contribution is 0.0599. The maximum absolute atomic E-state index is 12.1. The number of hydrogen-bond donors (Lipinski definition) is 2. The predicted molar refractivity (Wildman–Crippen MR) is 168 cm³/mol. The Labute approximate surface area is 263 Å². The average molecular weight is 750 g/mol. The Kier molecular flexibility index (Phi) is 11.4. The van der Waals surface area contributed by atoms with Crippen molar-refractivity contribution in [2.75, 3.05) is 19.6 Å². The molecule has 0 spiro atoms. The molecular formula is C28H35Br2N3O7S2. The van der Waals surface area contributed by atoms with Gasteiger partial charge in [-0.3, -0.25) is 4.79 Å². The first-order valence-corrected chi connectivity index (χ1v) is 18.7. The molecule has 2 saturated carbocycles. The van der Waals surface area contributed by atoms with E-state index in [1.54, 1.807) is 12.1 Å². The lowest BCUT2D eigenvalue weighted by atomic mass is 9.96. The maximum atomic E-state index is 12.1. The van der Waals surface area contributed by atoms with Gasteiger partial charge in [-0.15, -0.1) is 0 Å². The summed E-state index contributed by atoms with van der Waals surface area (Å²) < 4.78 is 54.0. The van der Waals surface area contributed by atoms with Gasteiger partial charge in [0.2, 0.25) is 0 Å². The summed E-state index contributed by atoms with van der Waals surface area (Å²) in [5.41, 5.74) is 12.4. The number of ether oxygens (including phenoxy) is 1. The van der Waals surface area contributed by atoms with Crippen molar-refractivity contribution in [3.05, 3.63) is 55.5 Å². The van der Waals surface area contributed by atoms with Crippen molar-refractivity contribution in [2.45, 2.75) is 73.0 Å². The number of benzene rings is 2. The first-order chi connectivity index (χ1) is 19.5. The molecule has 42 heavy (non-hydrogen) atoms. The molecule has 1 amide bonds. The van der Waals surface area contributed by atoms with Crippen molar-refractivity contribution in [1.29, 1.82) is 0 Å². The molecule has 0 saturated heterocycles. The number of rotatable bonds is 6. The van der Waals surface area contributed by atoms with Gasteiger partial charge in [0.15, 0.2) is 25.6 Å². The first-order valence-electron chi connectivity index (χ1n) is 13.3. The zero-order chi connectivity index (χ0) is 31.4. The molecule has 0 bridgehead atoms. The third-order valence-electron chi connectivity index (χ3n) is 7.45. The molecule has 0 atom stereocenters. The number of carbonyl (C=O) groups excluding carboxylic acids is 2. The summed E-state index contributed by atoms with van der Waals surface area (Å²) in [7, 11) is -5.56. The average Bonchev–Trinajstić information content (AvgIpc) is 3.61. The second-order valence-electron chi connectivity index (χ2n) is 10.6. The third kappa shape index (κ3) is 8.42. The molecule has 10 nitrogen and oxygen atoms in total. The van der Waals surface area contributed by atoms with Crippen LogP contribution in [0.1, 0.15) is 95.0 Å². The normalized spacial score (nSPS) is 16.0. The van der Waals surface area contributed by atoms with Crippen LogP contribution < -0.4 is 11.5 Å². The number of nitrogens with zero attached hydrogens (tertiary/aromatic N) is 1. The smallest absolute Gasteiger partial charge is 0.339 e. The highest BCUT2D eigenvalue weighted by Gasteiger charge is 2.28. The summed E-state index contributed by atoms with van der Waals surface area (Å²) in [5, 5.41) is 0. The number of nitrogens with two attached hydrogens (primary N) is 2. The molecule has 14 heteroatoms. The summed E-state index contributed by atoms with van der Waals surface area (Å²) >= 11 is 6.66. The number of hydrogen-bond acceptors (Lipinski definition) is 7. The van der Waals surface area contributed by atoms with Gasteiger partial charge >= 0.3 is 5.97 Å². The number of guanidine groups is 1. The summed E-state index contributed by atoms with van der Waals surface area (Å²) in [6.07, 6.45) is 10.6. The topological polar surface area (TPSA) is 176 Å². The van der Waals surface area contributed by atoms with Gasteiger partial charge in [0.25, 0.3) is 5.91 Å². The van der Waals surface area contributed by atoms with Crippen LogP contribution in [0.2, 0.25) is 0 Å². The Morgan fingerprint density at radius 2 is 1.14 bits per heavy atom. The van der Waals surface area contributed by atoms with Crippen LogP contribution in [0, 0.1) is 0 Å². The van der Waals surface area contributed by atoms with Crippen LogP contribution >= 0.6 is 31.9 Å². The van der Waals surface area contributed by atoms with E-state index in [0.29, 0.717) is 8.95 Å². The number of sulfone groups is 2. The van der Waals surface area contributed by atoms with E-state index < -0.39 is 31.6 Å². The van der Waals surface area contributed by atoms with E-state index in [9.17, 15) is 26.4 Å². The fourth-order valence-electron chi connectivity index (χ4n) is 5.50. The lowest BCUT2D eigenvalue weighted by Gasteiger charge is -2.16. The van der Waals surface area contributed by atoms with Crippen LogP contribution in [0.4, 0.5) is 0 Å². The van der Waals surface area contributed by atoms with Crippen LogP contribution in [0.25, 0.3) is 0 Å². The molecule has 4 rings (SSSR count). The number of aliphatic imine (C=N–C) groups is 1.